The number of aliphatic carboxylic acids is 1. The Hall–Kier alpha value is -1.56. The molecule has 0 aromatic heterocycles. The molecule has 0 saturated heterocycles. The van der Waals surface area contributed by atoms with Crippen LogP contribution >= 0.6 is 11.8 Å². The second kappa shape index (κ2) is 5.67. The topological polar surface area (TPSA) is 80.4 Å². The molecule has 0 bridgehead atoms. The number of benzene rings is 1. The third-order valence-electron chi connectivity index (χ3n) is 2.17. The van der Waals surface area contributed by atoms with Gasteiger partial charge in [-0.1, -0.05) is 6.92 Å². The number of nitro groups is 1. The van der Waals surface area contributed by atoms with Crippen LogP contribution in [-0.2, 0) is 4.79 Å². The van der Waals surface area contributed by atoms with Gasteiger partial charge in [-0.2, -0.15) is 0 Å². The average molecular weight is 255 g/mol. The Labute approximate surface area is 103 Å². The summed E-state index contributed by atoms with van der Waals surface area (Å²) in [6, 6.07) is 4.62. The van der Waals surface area contributed by atoms with Crippen molar-refractivity contribution in [1.29, 1.82) is 0 Å². The summed E-state index contributed by atoms with van der Waals surface area (Å²) < 4.78 is 0. The van der Waals surface area contributed by atoms with Gasteiger partial charge in [0.05, 0.1) is 4.92 Å². The van der Waals surface area contributed by atoms with Crippen LogP contribution < -0.4 is 0 Å². The number of nitro benzene ring substituents is 1. The van der Waals surface area contributed by atoms with Gasteiger partial charge >= 0.3 is 5.97 Å². The predicted molar refractivity (Wildman–Crippen MR) is 65.4 cm³/mol. The molecule has 1 aromatic rings. The van der Waals surface area contributed by atoms with Crippen molar-refractivity contribution in [3.63, 3.8) is 0 Å². The van der Waals surface area contributed by atoms with Crippen molar-refractivity contribution in [2.45, 2.75) is 30.4 Å². The number of carbonyl (C=O) groups is 1. The maximum atomic E-state index is 10.9. The molecule has 6 heteroatoms. The van der Waals surface area contributed by atoms with Crippen molar-refractivity contribution in [2.24, 2.45) is 0 Å². The molecule has 0 fully saturated rings. The smallest absolute Gasteiger partial charge is 0.316 e. The van der Waals surface area contributed by atoms with Crippen molar-refractivity contribution in [3.8, 4) is 0 Å². The minimum atomic E-state index is -0.901. The van der Waals surface area contributed by atoms with Crippen LogP contribution in [0.1, 0.15) is 18.9 Å². The maximum Gasteiger partial charge on any atom is 0.316 e. The van der Waals surface area contributed by atoms with Gasteiger partial charge in [-0.3, -0.25) is 14.9 Å². The third kappa shape index (κ3) is 3.74. The van der Waals surface area contributed by atoms with Gasteiger partial charge in [0.2, 0.25) is 0 Å². The fraction of sp³-hybridized carbons (Fsp3) is 0.364. The van der Waals surface area contributed by atoms with Gasteiger partial charge in [-0.05, 0) is 25.0 Å². The highest BCUT2D eigenvalue weighted by molar-refractivity contribution is 8.00. The van der Waals surface area contributed by atoms with Crippen LogP contribution in [0.3, 0.4) is 0 Å². The Morgan fingerprint density at radius 1 is 1.53 bits per heavy atom. The lowest BCUT2D eigenvalue weighted by atomic mass is 10.2. The van der Waals surface area contributed by atoms with Crippen LogP contribution in [0, 0.1) is 17.0 Å². The lowest BCUT2D eigenvalue weighted by molar-refractivity contribution is -0.385. The van der Waals surface area contributed by atoms with E-state index in [9.17, 15) is 14.9 Å². The molecule has 0 aliphatic carbocycles. The highest BCUT2D eigenvalue weighted by Crippen LogP contribution is 2.29. The van der Waals surface area contributed by atoms with Crippen molar-refractivity contribution < 1.29 is 14.8 Å². The standard InChI is InChI=1S/C11H13NO4S/c1-3-10(11(13)14)17-9-5-7(2)4-8(6-9)12(15)16/h4-6,10H,3H2,1-2H3,(H,13,14). The van der Waals surface area contributed by atoms with Crippen LogP contribution in [0.15, 0.2) is 23.1 Å². The second-order valence-corrected chi connectivity index (χ2v) is 4.89. The number of hydrogen-bond donors (Lipinski definition) is 1. The molecule has 1 aromatic carbocycles. The summed E-state index contributed by atoms with van der Waals surface area (Å²) in [5, 5.41) is 19.0. The number of non-ortho nitro benzene ring substituents is 1. The Morgan fingerprint density at radius 3 is 2.65 bits per heavy atom. The number of carboxylic acids is 1. The van der Waals surface area contributed by atoms with E-state index in [1.807, 2.05) is 0 Å². The Morgan fingerprint density at radius 2 is 2.18 bits per heavy atom. The first-order valence-electron chi connectivity index (χ1n) is 5.09. The van der Waals surface area contributed by atoms with Gasteiger partial charge in [0, 0.05) is 17.0 Å². The first-order chi connectivity index (χ1) is 7.93. The quantitative estimate of drug-likeness (QED) is 0.497. The number of nitrogens with zero attached hydrogens (tertiary/aromatic N) is 1. The zero-order valence-electron chi connectivity index (χ0n) is 9.54. The molecule has 0 radical (unpaired) electrons. The van der Waals surface area contributed by atoms with Crippen LogP contribution in [-0.4, -0.2) is 21.2 Å². The molecular formula is C11H13NO4S. The van der Waals surface area contributed by atoms with Gasteiger partial charge in [-0.25, -0.2) is 0 Å². The van der Waals surface area contributed by atoms with E-state index < -0.39 is 16.1 Å². The van der Waals surface area contributed by atoms with Gasteiger partial charge in [0.15, 0.2) is 0 Å². The Kier molecular flexibility index (Phi) is 4.51. The van der Waals surface area contributed by atoms with E-state index >= 15 is 0 Å². The number of rotatable bonds is 5. The van der Waals surface area contributed by atoms with Gasteiger partial charge in [-0.15, -0.1) is 11.8 Å². The first-order valence-corrected chi connectivity index (χ1v) is 5.97. The molecule has 1 unspecified atom stereocenters. The molecule has 0 amide bonds. The number of aryl methyl sites for hydroxylation is 1. The van der Waals surface area contributed by atoms with E-state index in [0.717, 1.165) is 17.3 Å². The minimum Gasteiger partial charge on any atom is -0.480 e. The molecule has 1 atom stereocenters. The van der Waals surface area contributed by atoms with E-state index in [1.54, 1.807) is 19.9 Å². The summed E-state index contributed by atoms with van der Waals surface area (Å²) in [6.07, 6.45) is 0.474. The Bertz CT molecular complexity index is 447. The molecule has 92 valence electrons. The van der Waals surface area contributed by atoms with Gasteiger partial charge in [0.25, 0.3) is 5.69 Å². The Balaban J connectivity index is 2.98. The number of carboxylic acid groups (broad SMARTS) is 1. The summed E-state index contributed by atoms with van der Waals surface area (Å²) in [7, 11) is 0. The molecule has 5 nitrogen and oxygen atoms in total. The van der Waals surface area contributed by atoms with Gasteiger partial charge in [0.1, 0.15) is 5.25 Å². The summed E-state index contributed by atoms with van der Waals surface area (Å²) in [4.78, 5) is 21.7. The third-order valence-corrected chi connectivity index (χ3v) is 3.50. The molecule has 0 saturated carbocycles. The lowest BCUT2D eigenvalue weighted by Crippen LogP contribution is -2.14. The fourth-order valence-corrected chi connectivity index (χ4v) is 2.41. The summed E-state index contributed by atoms with van der Waals surface area (Å²) >= 11 is 1.14. The van der Waals surface area contributed by atoms with Crippen molar-refractivity contribution in [3.05, 3.63) is 33.9 Å². The predicted octanol–water partition coefficient (Wildman–Crippen LogP) is 2.86. The molecule has 0 aliphatic heterocycles. The van der Waals surface area contributed by atoms with E-state index in [-0.39, 0.29) is 5.69 Å². The van der Waals surface area contributed by atoms with E-state index in [0.29, 0.717) is 11.3 Å². The van der Waals surface area contributed by atoms with Crippen LogP contribution in [0.2, 0.25) is 0 Å². The largest absolute Gasteiger partial charge is 0.480 e. The SMILES string of the molecule is CCC(Sc1cc(C)cc([N+](=O)[O-])c1)C(=O)O. The molecule has 0 aliphatic rings. The van der Waals surface area contributed by atoms with Crippen molar-refractivity contribution in [2.75, 3.05) is 0 Å². The maximum absolute atomic E-state index is 10.9. The summed E-state index contributed by atoms with van der Waals surface area (Å²) in [6.45, 7) is 3.52. The molecule has 17 heavy (non-hydrogen) atoms. The van der Waals surface area contributed by atoms with Gasteiger partial charge < -0.3 is 5.11 Å². The van der Waals surface area contributed by atoms with Crippen LogP contribution in [0.4, 0.5) is 5.69 Å². The van der Waals surface area contributed by atoms with E-state index in [1.165, 1.54) is 12.1 Å². The molecule has 1 rings (SSSR count). The first kappa shape index (κ1) is 13.5. The van der Waals surface area contributed by atoms with E-state index in [4.69, 9.17) is 5.11 Å². The lowest BCUT2D eigenvalue weighted by Gasteiger charge is -2.09. The molecule has 0 heterocycles. The number of thioether (sulfide) groups is 1. The van der Waals surface area contributed by atoms with Crippen molar-refractivity contribution in [1.82, 2.24) is 0 Å². The van der Waals surface area contributed by atoms with Crippen molar-refractivity contribution >= 4 is 23.4 Å². The van der Waals surface area contributed by atoms with Crippen LogP contribution in [0.25, 0.3) is 0 Å². The molecule has 1 N–H and O–H groups in total. The monoisotopic (exact) mass is 255 g/mol. The van der Waals surface area contributed by atoms with E-state index in [2.05, 4.69) is 0 Å². The normalized spacial score (nSPS) is 12.1. The highest BCUT2D eigenvalue weighted by Gasteiger charge is 2.18. The molecular weight excluding hydrogens is 242 g/mol. The van der Waals surface area contributed by atoms with Crippen LogP contribution in [0.5, 0.6) is 0 Å². The zero-order chi connectivity index (χ0) is 13.0. The number of hydrogen-bond acceptors (Lipinski definition) is 4. The second-order valence-electron chi connectivity index (χ2n) is 3.61. The molecule has 0 spiro atoms. The average Bonchev–Trinajstić information content (AvgIpc) is 2.24. The minimum absolute atomic E-state index is 0.00672. The zero-order valence-corrected chi connectivity index (χ0v) is 10.4. The summed E-state index contributed by atoms with van der Waals surface area (Å²) in [5.41, 5.74) is 0.745. The fourth-order valence-electron chi connectivity index (χ4n) is 1.37. The highest BCUT2D eigenvalue weighted by atomic mass is 32.2. The summed E-state index contributed by atoms with van der Waals surface area (Å²) in [5.74, 6) is -0.901.